The van der Waals surface area contributed by atoms with Gasteiger partial charge in [-0.3, -0.25) is 14.8 Å². The molecule has 2 aromatic rings. The number of likely N-dealkylation sites (N-methyl/N-ethyl adjacent to an activating group) is 1. The van der Waals surface area contributed by atoms with Gasteiger partial charge in [0, 0.05) is 19.2 Å². The van der Waals surface area contributed by atoms with Crippen molar-refractivity contribution in [1.82, 2.24) is 9.88 Å². The van der Waals surface area contributed by atoms with Crippen molar-refractivity contribution >= 4 is 11.6 Å². The van der Waals surface area contributed by atoms with E-state index in [2.05, 4.69) is 4.98 Å². The highest BCUT2D eigenvalue weighted by Crippen LogP contribution is 2.39. The number of aliphatic imine (C=N–C) groups is 1. The number of halogens is 3. The number of nitrogens with zero attached hydrogens (tertiary/aromatic N) is 3. The lowest BCUT2D eigenvalue weighted by Crippen LogP contribution is -2.35. The summed E-state index contributed by atoms with van der Waals surface area (Å²) in [5.74, 6) is 0.508. The van der Waals surface area contributed by atoms with Crippen molar-refractivity contribution in [2.75, 3.05) is 13.6 Å². The van der Waals surface area contributed by atoms with Gasteiger partial charge in [-0.05, 0) is 63.8 Å². The first kappa shape index (κ1) is 22.3. The number of hydrogen-bond acceptors (Lipinski definition) is 4. The zero-order chi connectivity index (χ0) is 23.3. The van der Waals surface area contributed by atoms with Gasteiger partial charge in [-0.2, -0.15) is 13.2 Å². The highest BCUT2D eigenvalue weighted by molar-refractivity contribution is 6.05. The average Bonchev–Trinajstić information content (AvgIpc) is 3.26. The molecule has 8 heteroatoms. The van der Waals surface area contributed by atoms with Crippen molar-refractivity contribution in [1.29, 1.82) is 0 Å². The van der Waals surface area contributed by atoms with E-state index < -0.39 is 22.9 Å². The SMILES string of the molecule is CN1CC[C@@]2(CCC(c3cc(-c4ccc(C(F)(F)F)cc4)c(OC(C)(C)C)cn3)=N2)C1=O. The van der Waals surface area contributed by atoms with Crippen LogP contribution < -0.4 is 4.74 Å². The summed E-state index contributed by atoms with van der Waals surface area (Å²) in [5.41, 5.74) is 0.646. The maximum Gasteiger partial charge on any atom is 0.416 e. The molecule has 1 atom stereocenters. The van der Waals surface area contributed by atoms with E-state index in [1.807, 2.05) is 20.8 Å². The second kappa shape index (κ2) is 7.60. The predicted octanol–water partition coefficient (Wildman–Crippen LogP) is 5.13. The van der Waals surface area contributed by atoms with E-state index in [0.717, 1.165) is 17.8 Å². The van der Waals surface area contributed by atoms with Gasteiger partial charge in [0.2, 0.25) is 5.91 Å². The van der Waals surface area contributed by atoms with Crippen LogP contribution in [0, 0.1) is 0 Å². The molecule has 0 bridgehead atoms. The Morgan fingerprint density at radius 1 is 1.09 bits per heavy atom. The first-order valence-corrected chi connectivity index (χ1v) is 10.6. The number of carbonyl (C=O) groups excluding carboxylic acids is 1. The number of rotatable bonds is 3. The highest BCUT2D eigenvalue weighted by Gasteiger charge is 2.48. The minimum absolute atomic E-state index is 0.0307. The van der Waals surface area contributed by atoms with Crippen molar-refractivity contribution in [3.8, 4) is 16.9 Å². The molecule has 1 saturated heterocycles. The quantitative estimate of drug-likeness (QED) is 0.658. The van der Waals surface area contributed by atoms with Crippen molar-refractivity contribution in [2.45, 2.75) is 57.3 Å². The summed E-state index contributed by atoms with van der Waals surface area (Å²) in [6, 6.07) is 6.79. The van der Waals surface area contributed by atoms with Gasteiger partial charge in [0.05, 0.1) is 23.2 Å². The third-order valence-electron chi connectivity index (χ3n) is 5.83. The van der Waals surface area contributed by atoms with Gasteiger partial charge in [0.1, 0.15) is 16.9 Å². The molecule has 1 aromatic carbocycles. The van der Waals surface area contributed by atoms with Crippen LogP contribution in [0.2, 0.25) is 0 Å². The zero-order valence-electron chi connectivity index (χ0n) is 18.6. The number of carbonyl (C=O) groups is 1. The number of aromatic nitrogens is 1. The van der Waals surface area contributed by atoms with Crippen LogP contribution in [0.5, 0.6) is 5.75 Å². The molecule has 4 rings (SSSR count). The number of hydrogen-bond donors (Lipinski definition) is 0. The van der Waals surface area contributed by atoms with Crippen LogP contribution in [-0.4, -0.2) is 46.2 Å². The molecule has 0 saturated carbocycles. The van der Waals surface area contributed by atoms with Gasteiger partial charge in [-0.1, -0.05) is 12.1 Å². The molecule has 1 fully saturated rings. The topological polar surface area (TPSA) is 54.8 Å². The maximum absolute atomic E-state index is 13.0. The Kier molecular flexibility index (Phi) is 5.30. The summed E-state index contributed by atoms with van der Waals surface area (Å²) in [7, 11) is 1.78. The maximum atomic E-state index is 13.0. The van der Waals surface area contributed by atoms with Crippen LogP contribution >= 0.6 is 0 Å². The van der Waals surface area contributed by atoms with Crippen LogP contribution in [0.15, 0.2) is 41.5 Å². The summed E-state index contributed by atoms with van der Waals surface area (Å²) < 4.78 is 45.1. The Labute approximate surface area is 185 Å². The molecule has 2 aliphatic rings. The number of ether oxygens (including phenoxy) is 1. The molecule has 0 radical (unpaired) electrons. The molecule has 0 N–H and O–H groups in total. The smallest absolute Gasteiger partial charge is 0.416 e. The predicted molar refractivity (Wildman–Crippen MR) is 116 cm³/mol. The van der Waals surface area contributed by atoms with Crippen LogP contribution in [0.1, 0.15) is 51.3 Å². The first-order chi connectivity index (χ1) is 14.9. The van der Waals surface area contributed by atoms with Gasteiger partial charge in [-0.25, -0.2) is 0 Å². The number of likely N-dealkylation sites (tertiary alicyclic amines) is 1. The summed E-state index contributed by atoms with van der Waals surface area (Å²) in [6.07, 6.45) is -0.866. The van der Waals surface area contributed by atoms with Crippen LogP contribution in [0.4, 0.5) is 13.2 Å². The molecule has 170 valence electrons. The standard InChI is InChI=1S/C24H26F3N3O2/c1-22(2,3)32-20-14-28-19(18-9-10-23(29-18)11-12-30(4)21(23)31)13-17(20)15-5-7-16(8-6-15)24(25,26)27/h5-8,13-14H,9-12H2,1-4H3/t23-/m0/s1. The largest absolute Gasteiger partial charge is 0.486 e. The molecule has 0 aliphatic carbocycles. The zero-order valence-corrected chi connectivity index (χ0v) is 18.6. The number of benzene rings is 1. The van der Waals surface area contributed by atoms with E-state index in [4.69, 9.17) is 9.73 Å². The fourth-order valence-corrected chi connectivity index (χ4v) is 4.21. The van der Waals surface area contributed by atoms with Crippen molar-refractivity contribution in [2.24, 2.45) is 4.99 Å². The third kappa shape index (κ3) is 4.23. The van der Waals surface area contributed by atoms with Crippen molar-refractivity contribution in [3.05, 3.63) is 47.8 Å². The summed E-state index contributed by atoms with van der Waals surface area (Å²) in [4.78, 5) is 23.6. The van der Waals surface area contributed by atoms with Gasteiger partial charge < -0.3 is 9.64 Å². The van der Waals surface area contributed by atoms with Crippen LogP contribution in [0.25, 0.3) is 11.1 Å². The highest BCUT2D eigenvalue weighted by atomic mass is 19.4. The monoisotopic (exact) mass is 445 g/mol. The van der Waals surface area contributed by atoms with Crippen LogP contribution in [0.3, 0.4) is 0 Å². The average molecular weight is 445 g/mol. The fraction of sp³-hybridized carbons (Fsp3) is 0.458. The second-order valence-corrected chi connectivity index (χ2v) is 9.42. The minimum Gasteiger partial charge on any atom is -0.486 e. The Morgan fingerprint density at radius 2 is 1.78 bits per heavy atom. The molecule has 1 amide bonds. The summed E-state index contributed by atoms with van der Waals surface area (Å²) in [5, 5.41) is 0. The molecule has 0 unspecified atom stereocenters. The Hall–Kier alpha value is -2.90. The molecule has 32 heavy (non-hydrogen) atoms. The van der Waals surface area contributed by atoms with Gasteiger partial charge in [0.15, 0.2) is 0 Å². The van der Waals surface area contributed by atoms with E-state index in [0.29, 0.717) is 48.4 Å². The van der Waals surface area contributed by atoms with Gasteiger partial charge in [0.25, 0.3) is 0 Å². The van der Waals surface area contributed by atoms with Crippen LogP contribution in [-0.2, 0) is 11.0 Å². The van der Waals surface area contributed by atoms with Crippen molar-refractivity contribution in [3.63, 3.8) is 0 Å². The lowest BCUT2D eigenvalue weighted by atomic mass is 9.95. The normalized spacial score (nSPS) is 21.4. The number of amides is 1. The van der Waals surface area contributed by atoms with E-state index in [1.54, 1.807) is 24.2 Å². The second-order valence-electron chi connectivity index (χ2n) is 9.42. The Morgan fingerprint density at radius 3 is 2.34 bits per heavy atom. The molecule has 5 nitrogen and oxygen atoms in total. The van der Waals surface area contributed by atoms with Crippen molar-refractivity contribution < 1.29 is 22.7 Å². The number of alkyl halides is 3. The third-order valence-corrected chi connectivity index (χ3v) is 5.83. The Bertz CT molecular complexity index is 1070. The molecule has 3 heterocycles. The van der Waals surface area contributed by atoms with E-state index in [1.165, 1.54) is 12.1 Å². The molecular weight excluding hydrogens is 419 g/mol. The Balaban J connectivity index is 1.75. The molecule has 1 aromatic heterocycles. The first-order valence-electron chi connectivity index (χ1n) is 10.6. The summed E-state index contributed by atoms with van der Waals surface area (Å²) >= 11 is 0. The molecular formula is C24H26F3N3O2. The van der Waals surface area contributed by atoms with E-state index in [9.17, 15) is 18.0 Å². The van der Waals surface area contributed by atoms with E-state index >= 15 is 0 Å². The minimum atomic E-state index is -4.40. The van der Waals surface area contributed by atoms with Gasteiger partial charge >= 0.3 is 6.18 Å². The fourth-order valence-electron chi connectivity index (χ4n) is 4.21. The van der Waals surface area contributed by atoms with E-state index in [-0.39, 0.29) is 5.91 Å². The van der Waals surface area contributed by atoms with Gasteiger partial charge in [-0.15, -0.1) is 0 Å². The summed E-state index contributed by atoms with van der Waals surface area (Å²) in [6.45, 7) is 6.36. The molecule has 1 spiro atoms. The lowest BCUT2D eigenvalue weighted by molar-refractivity contribution is -0.137. The lowest BCUT2D eigenvalue weighted by Gasteiger charge is -2.23. The number of pyridine rings is 1. The molecule has 2 aliphatic heterocycles.